The summed E-state index contributed by atoms with van der Waals surface area (Å²) in [5.41, 5.74) is -0.537. The third-order valence-corrected chi connectivity index (χ3v) is 6.23. The van der Waals surface area contributed by atoms with Crippen molar-refractivity contribution in [3.05, 3.63) is 15.8 Å². The van der Waals surface area contributed by atoms with E-state index in [-0.39, 0.29) is 22.9 Å². The molecule has 0 aromatic carbocycles. The lowest BCUT2D eigenvalue weighted by molar-refractivity contribution is -0.0640. The van der Waals surface area contributed by atoms with E-state index in [1.54, 1.807) is 6.92 Å². The molecule has 1 aromatic rings. The van der Waals surface area contributed by atoms with Crippen LogP contribution in [0, 0.1) is 6.92 Å². The van der Waals surface area contributed by atoms with Gasteiger partial charge in [-0.2, -0.15) is 4.31 Å². The number of nitrogens with zero attached hydrogens (tertiary/aromatic N) is 1. The quantitative estimate of drug-likeness (QED) is 0.914. The van der Waals surface area contributed by atoms with E-state index in [0.717, 1.165) is 11.3 Å². The zero-order chi connectivity index (χ0) is 15.1. The minimum atomic E-state index is -3.68. The van der Waals surface area contributed by atoms with Gasteiger partial charge in [-0.3, -0.25) is 0 Å². The lowest BCUT2D eigenvalue weighted by atomic mass is 10.1. The summed E-state index contributed by atoms with van der Waals surface area (Å²) in [5.74, 6) is -1.11. The molecule has 0 atom stereocenters. The van der Waals surface area contributed by atoms with Gasteiger partial charge >= 0.3 is 5.97 Å². The van der Waals surface area contributed by atoms with Crippen molar-refractivity contribution in [2.45, 2.75) is 31.3 Å². The third-order valence-electron chi connectivity index (χ3n) is 3.09. The first kappa shape index (κ1) is 15.4. The smallest absolute Gasteiger partial charge is 0.345 e. The molecule has 0 saturated carbocycles. The number of aromatic carboxylic acids is 1. The Morgan fingerprint density at radius 3 is 2.65 bits per heavy atom. The van der Waals surface area contributed by atoms with Gasteiger partial charge < -0.3 is 9.84 Å². The molecule has 20 heavy (non-hydrogen) atoms. The van der Waals surface area contributed by atoms with Crippen LogP contribution < -0.4 is 0 Å². The first-order chi connectivity index (χ1) is 9.13. The molecule has 1 aliphatic rings. The molecule has 1 N–H and O–H groups in total. The number of morpholine rings is 1. The van der Waals surface area contributed by atoms with Gasteiger partial charge in [-0.15, -0.1) is 11.3 Å². The van der Waals surface area contributed by atoms with Gasteiger partial charge in [0.15, 0.2) is 0 Å². The third kappa shape index (κ3) is 2.88. The Labute approximate surface area is 122 Å². The Balaban J connectivity index is 2.37. The number of thiophene rings is 1. The van der Waals surface area contributed by atoms with Crippen LogP contribution in [-0.4, -0.2) is 49.1 Å². The number of aryl methyl sites for hydroxylation is 1. The number of ether oxygens (including phenoxy) is 1. The average Bonchev–Trinajstić information content (AvgIpc) is 2.71. The number of rotatable bonds is 3. The Morgan fingerprint density at radius 2 is 2.15 bits per heavy atom. The molecule has 0 amide bonds. The van der Waals surface area contributed by atoms with Crippen LogP contribution in [0.25, 0.3) is 0 Å². The predicted molar refractivity (Wildman–Crippen MR) is 74.8 cm³/mol. The minimum Gasteiger partial charge on any atom is -0.477 e. The highest BCUT2D eigenvalue weighted by atomic mass is 32.2. The van der Waals surface area contributed by atoms with Crippen molar-refractivity contribution >= 4 is 27.3 Å². The molecule has 1 aliphatic heterocycles. The summed E-state index contributed by atoms with van der Waals surface area (Å²) in [4.78, 5) is 11.6. The van der Waals surface area contributed by atoms with Crippen LogP contribution in [0.2, 0.25) is 0 Å². The second kappa shape index (κ2) is 5.10. The van der Waals surface area contributed by atoms with Crippen molar-refractivity contribution in [3.63, 3.8) is 0 Å². The fourth-order valence-corrected chi connectivity index (χ4v) is 5.12. The topological polar surface area (TPSA) is 83.9 Å². The summed E-state index contributed by atoms with van der Waals surface area (Å²) in [5, 5.41) is 8.96. The minimum absolute atomic E-state index is 0.0357. The highest BCUT2D eigenvalue weighted by molar-refractivity contribution is 7.89. The Hall–Kier alpha value is -0.960. The van der Waals surface area contributed by atoms with Gasteiger partial charge in [-0.05, 0) is 26.8 Å². The van der Waals surface area contributed by atoms with Crippen molar-refractivity contribution < 1.29 is 23.1 Å². The normalized spacial score (nSPS) is 19.9. The second-order valence-electron chi connectivity index (χ2n) is 5.28. The summed E-state index contributed by atoms with van der Waals surface area (Å²) < 4.78 is 32.1. The maximum absolute atomic E-state index is 12.6. The number of carboxylic acids is 1. The van der Waals surface area contributed by atoms with Crippen molar-refractivity contribution in [1.29, 1.82) is 0 Å². The average molecular weight is 319 g/mol. The zero-order valence-electron chi connectivity index (χ0n) is 11.5. The van der Waals surface area contributed by atoms with Crippen LogP contribution in [0.3, 0.4) is 0 Å². The van der Waals surface area contributed by atoms with Crippen LogP contribution in [0.15, 0.2) is 11.0 Å². The molecule has 0 spiro atoms. The highest BCUT2D eigenvalue weighted by Crippen LogP contribution is 2.30. The zero-order valence-corrected chi connectivity index (χ0v) is 13.2. The summed E-state index contributed by atoms with van der Waals surface area (Å²) in [7, 11) is -3.68. The molecule has 0 bridgehead atoms. The summed E-state index contributed by atoms with van der Waals surface area (Å²) in [6.45, 7) is 6.16. The molecular formula is C12H17NO5S2. The van der Waals surface area contributed by atoms with E-state index >= 15 is 0 Å². The van der Waals surface area contributed by atoms with Crippen LogP contribution >= 0.6 is 11.3 Å². The van der Waals surface area contributed by atoms with E-state index in [4.69, 9.17) is 9.84 Å². The predicted octanol–water partition coefficient (Wildman–Crippen LogP) is 1.55. The number of sulfonamides is 1. The van der Waals surface area contributed by atoms with E-state index in [0.29, 0.717) is 11.5 Å². The van der Waals surface area contributed by atoms with Crippen LogP contribution in [0.4, 0.5) is 0 Å². The molecule has 8 heteroatoms. The number of carboxylic acid groups (broad SMARTS) is 1. The lowest BCUT2D eigenvalue weighted by Gasteiger charge is -2.37. The van der Waals surface area contributed by atoms with Crippen molar-refractivity contribution in [3.8, 4) is 0 Å². The summed E-state index contributed by atoms with van der Waals surface area (Å²) in [6.07, 6.45) is 0. The molecule has 0 unspecified atom stereocenters. The fourth-order valence-electron chi connectivity index (χ4n) is 2.14. The summed E-state index contributed by atoms with van der Waals surface area (Å²) in [6, 6.07) is 1.24. The molecule has 6 nitrogen and oxygen atoms in total. The van der Waals surface area contributed by atoms with E-state index in [9.17, 15) is 13.2 Å². The Bertz CT molecular complexity index is 632. The van der Waals surface area contributed by atoms with E-state index in [1.165, 1.54) is 10.4 Å². The molecule has 112 valence electrons. The van der Waals surface area contributed by atoms with Crippen molar-refractivity contribution in [2.75, 3.05) is 19.7 Å². The molecule has 1 saturated heterocycles. The first-order valence-corrected chi connectivity index (χ1v) is 8.37. The number of hydrogen-bond acceptors (Lipinski definition) is 5. The largest absolute Gasteiger partial charge is 0.477 e. The molecule has 1 aromatic heterocycles. The SMILES string of the molecule is Cc1sc(C(=O)O)cc1S(=O)(=O)N1CCOC(C)(C)C1. The van der Waals surface area contributed by atoms with E-state index in [1.807, 2.05) is 13.8 Å². The number of carbonyl (C=O) groups is 1. The van der Waals surface area contributed by atoms with E-state index < -0.39 is 21.6 Å². The molecular weight excluding hydrogens is 302 g/mol. The summed E-state index contributed by atoms with van der Waals surface area (Å²) >= 11 is 0.977. The Morgan fingerprint density at radius 1 is 1.50 bits per heavy atom. The first-order valence-electron chi connectivity index (χ1n) is 6.11. The van der Waals surface area contributed by atoms with Crippen molar-refractivity contribution in [1.82, 2.24) is 4.31 Å². The van der Waals surface area contributed by atoms with E-state index in [2.05, 4.69) is 0 Å². The molecule has 2 heterocycles. The van der Waals surface area contributed by atoms with Gasteiger partial charge in [0, 0.05) is 18.0 Å². The monoisotopic (exact) mass is 319 g/mol. The van der Waals surface area contributed by atoms with Gasteiger partial charge in [-0.25, -0.2) is 13.2 Å². The Kier molecular flexibility index (Phi) is 3.94. The highest BCUT2D eigenvalue weighted by Gasteiger charge is 2.36. The maximum atomic E-state index is 12.6. The number of hydrogen-bond donors (Lipinski definition) is 1. The van der Waals surface area contributed by atoms with Gasteiger partial charge in [-0.1, -0.05) is 0 Å². The fraction of sp³-hybridized carbons (Fsp3) is 0.583. The lowest BCUT2D eigenvalue weighted by Crippen LogP contribution is -2.50. The van der Waals surface area contributed by atoms with Crippen LogP contribution in [0.1, 0.15) is 28.4 Å². The molecule has 0 aliphatic carbocycles. The molecule has 1 fully saturated rings. The van der Waals surface area contributed by atoms with Gasteiger partial charge in [0.05, 0.1) is 17.1 Å². The van der Waals surface area contributed by atoms with Gasteiger partial charge in [0.2, 0.25) is 10.0 Å². The van der Waals surface area contributed by atoms with Gasteiger partial charge in [0.1, 0.15) is 4.88 Å². The molecule has 2 rings (SSSR count). The second-order valence-corrected chi connectivity index (χ2v) is 8.45. The van der Waals surface area contributed by atoms with Crippen LogP contribution in [0.5, 0.6) is 0 Å². The molecule has 0 radical (unpaired) electrons. The van der Waals surface area contributed by atoms with Gasteiger partial charge in [0.25, 0.3) is 0 Å². The maximum Gasteiger partial charge on any atom is 0.345 e. The van der Waals surface area contributed by atoms with Crippen molar-refractivity contribution in [2.24, 2.45) is 0 Å². The van der Waals surface area contributed by atoms with Crippen LogP contribution in [-0.2, 0) is 14.8 Å². The standard InChI is InChI=1S/C12H17NO5S2/c1-8-10(6-9(19-8)11(14)15)20(16,17)13-4-5-18-12(2,3)7-13/h6H,4-5,7H2,1-3H3,(H,14,15).